The standard InChI is InChI=1S/C16H19N3O2S/c1-20-13-8-11-5-7-19(10-12(11)9-14(13)21-2)15-4-6-17-16(18-15)22-3/h4,6,8-9H,5,7,10H2,1-3H3. The van der Waals surface area contributed by atoms with E-state index in [4.69, 9.17) is 9.47 Å². The fourth-order valence-corrected chi connectivity index (χ4v) is 3.04. The van der Waals surface area contributed by atoms with Gasteiger partial charge >= 0.3 is 0 Å². The molecular formula is C16H19N3O2S. The van der Waals surface area contributed by atoms with Crippen molar-refractivity contribution < 1.29 is 9.47 Å². The number of benzene rings is 1. The van der Waals surface area contributed by atoms with E-state index in [9.17, 15) is 0 Å². The highest BCUT2D eigenvalue weighted by molar-refractivity contribution is 7.98. The van der Waals surface area contributed by atoms with Crippen LogP contribution in [0.3, 0.4) is 0 Å². The molecule has 22 heavy (non-hydrogen) atoms. The topological polar surface area (TPSA) is 47.5 Å². The molecule has 1 aliphatic rings. The summed E-state index contributed by atoms with van der Waals surface area (Å²) in [6.45, 7) is 1.76. The normalized spacial score (nSPS) is 13.7. The minimum Gasteiger partial charge on any atom is -0.493 e. The summed E-state index contributed by atoms with van der Waals surface area (Å²) in [4.78, 5) is 11.1. The summed E-state index contributed by atoms with van der Waals surface area (Å²) in [7, 11) is 3.34. The zero-order chi connectivity index (χ0) is 15.5. The SMILES string of the molecule is COc1cc2c(cc1OC)CN(c1ccnc(SC)n1)CC2. The van der Waals surface area contributed by atoms with E-state index in [2.05, 4.69) is 27.0 Å². The molecular weight excluding hydrogens is 298 g/mol. The van der Waals surface area contributed by atoms with Crippen LogP contribution in [-0.2, 0) is 13.0 Å². The smallest absolute Gasteiger partial charge is 0.189 e. The van der Waals surface area contributed by atoms with E-state index in [-0.39, 0.29) is 0 Å². The monoisotopic (exact) mass is 317 g/mol. The quantitative estimate of drug-likeness (QED) is 0.638. The minimum absolute atomic E-state index is 0.774. The molecule has 5 nitrogen and oxygen atoms in total. The molecule has 6 heteroatoms. The van der Waals surface area contributed by atoms with Crippen LogP contribution in [0.2, 0.25) is 0 Å². The number of hydrogen-bond acceptors (Lipinski definition) is 6. The molecule has 0 radical (unpaired) electrons. The molecule has 0 atom stereocenters. The van der Waals surface area contributed by atoms with Crippen LogP contribution in [0.25, 0.3) is 0 Å². The summed E-state index contributed by atoms with van der Waals surface area (Å²) in [5.41, 5.74) is 2.57. The van der Waals surface area contributed by atoms with E-state index < -0.39 is 0 Å². The fourth-order valence-electron chi connectivity index (χ4n) is 2.69. The maximum absolute atomic E-state index is 5.41. The largest absolute Gasteiger partial charge is 0.493 e. The molecule has 1 aromatic carbocycles. The van der Waals surface area contributed by atoms with Crippen LogP contribution in [0.1, 0.15) is 11.1 Å². The highest BCUT2D eigenvalue weighted by Crippen LogP contribution is 2.34. The number of aromatic nitrogens is 2. The zero-order valence-electron chi connectivity index (χ0n) is 13.0. The van der Waals surface area contributed by atoms with Gasteiger partial charge in [0.15, 0.2) is 16.7 Å². The molecule has 2 heterocycles. The van der Waals surface area contributed by atoms with Crippen molar-refractivity contribution in [1.29, 1.82) is 0 Å². The Kier molecular flexibility index (Phi) is 4.38. The van der Waals surface area contributed by atoms with Gasteiger partial charge in [0.2, 0.25) is 0 Å². The molecule has 0 spiro atoms. The Balaban J connectivity index is 1.89. The van der Waals surface area contributed by atoms with Crippen LogP contribution in [0.4, 0.5) is 5.82 Å². The van der Waals surface area contributed by atoms with Crippen molar-refractivity contribution in [2.75, 3.05) is 31.9 Å². The lowest BCUT2D eigenvalue weighted by Crippen LogP contribution is -2.31. The van der Waals surface area contributed by atoms with Crippen LogP contribution < -0.4 is 14.4 Å². The molecule has 0 unspecified atom stereocenters. The van der Waals surface area contributed by atoms with Crippen molar-refractivity contribution in [3.05, 3.63) is 35.5 Å². The molecule has 0 saturated carbocycles. The van der Waals surface area contributed by atoms with Gasteiger partial charge < -0.3 is 14.4 Å². The second-order valence-electron chi connectivity index (χ2n) is 5.05. The lowest BCUT2D eigenvalue weighted by atomic mass is 9.99. The number of nitrogens with zero attached hydrogens (tertiary/aromatic N) is 3. The predicted octanol–water partition coefficient (Wildman–Crippen LogP) is 2.78. The van der Waals surface area contributed by atoms with Crippen molar-refractivity contribution in [1.82, 2.24) is 9.97 Å². The van der Waals surface area contributed by atoms with Crippen LogP contribution in [0.15, 0.2) is 29.6 Å². The fraction of sp³-hybridized carbons (Fsp3) is 0.375. The van der Waals surface area contributed by atoms with E-state index in [1.165, 1.54) is 11.1 Å². The molecule has 0 aliphatic carbocycles. The maximum atomic E-state index is 5.41. The van der Waals surface area contributed by atoms with Gasteiger partial charge in [-0.2, -0.15) is 0 Å². The molecule has 1 aromatic heterocycles. The Morgan fingerprint density at radius 1 is 1.14 bits per heavy atom. The Bertz CT molecular complexity index is 678. The van der Waals surface area contributed by atoms with Crippen LogP contribution >= 0.6 is 11.8 Å². The molecule has 0 fully saturated rings. The van der Waals surface area contributed by atoms with Gasteiger partial charge in [0, 0.05) is 19.3 Å². The Labute approximate surface area is 134 Å². The van der Waals surface area contributed by atoms with Crippen molar-refractivity contribution in [3.63, 3.8) is 0 Å². The number of fused-ring (bicyclic) bond motifs is 1. The number of hydrogen-bond donors (Lipinski definition) is 0. The van der Waals surface area contributed by atoms with E-state index in [1.807, 2.05) is 18.5 Å². The van der Waals surface area contributed by atoms with Crippen molar-refractivity contribution in [3.8, 4) is 11.5 Å². The summed E-state index contributed by atoms with van der Waals surface area (Å²) in [6, 6.07) is 6.11. The Hall–Kier alpha value is -1.95. The van der Waals surface area contributed by atoms with E-state index in [0.29, 0.717) is 0 Å². The second kappa shape index (κ2) is 6.44. The minimum atomic E-state index is 0.774. The number of ether oxygens (including phenoxy) is 2. The predicted molar refractivity (Wildman–Crippen MR) is 88.1 cm³/mol. The van der Waals surface area contributed by atoms with Gasteiger partial charge in [0.25, 0.3) is 0 Å². The lowest BCUT2D eigenvalue weighted by molar-refractivity contribution is 0.353. The molecule has 0 N–H and O–H groups in total. The Morgan fingerprint density at radius 3 is 2.55 bits per heavy atom. The second-order valence-corrected chi connectivity index (χ2v) is 5.82. The van der Waals surface area contributed by atoms with Crippen LogP contribution in [-0.4, -0.2) is 37.0 Å². The average molecular weight is 317 g/mol. The first-order chi connectivity index (χ1) is 10.7. The first kappa shape index (κ1) is 15.0. The number of rotatable bonds is 4. The zero-order valence-corrected chi connectivity index (χ0v) is 13.8. The molecule has 116 valence electrons. The Morgan fingerprint density at radius 2 is 1.86 bits per heavy atom. The molecule has 0 amide bonds. The van der Waals surface area contributed by atoms with Gasteiger partial charge in [-0.1, -0.05) is 11.8 Å². The summed E-state index contributed by atoms with van der Waals surface area (Å²) in [5, 5.41) is 0.801. The third-order valence-corrected chi connectivity index (χ3v) is 4.41. The highest BCUT2D eigenvalue weighted by atomic mass is 32.2. The summed E-state index contributed by atoms with van der Waals surface area (Å²) >= 11 is 1.56. The van der Waals surface area contributed by atoms with E-state index in [0.717, 1.165) is 42.0 Å². The number of thioether (sulfide) groups is 1. The van der Waals surface area contributed by atoms with Gasteiger partial charge in [-0.25, -0.2) is 9.97 Å². The van der Waals surface area contributed by atoms with Gasteiger partial charge in [-0.3, -0.25) is 0 Å². The molecule has 3 rings (SSSR count). The van der Waals surface area contributed by atoms with Gasteiger partial charge in [0.1, 0.15) is 5.82 Å². The summed E-state index contributed by atoms with van der Waals surface area (Å²) in [5.74, 6) is 2.54. The number of methoxy groups -OCH3 is 2. The lowest BCUT2D eigenvalue weighted by Gasteiger charge is -2.30. The number of anilines is 1. The highest BCUT2D eigenvalue weighted by Gasteiger charge is 2.20. The molecule has 0 bridgehead atoms. The van der Waals surface area contributed by atoms with E-state index >= 15 is 0 Å². The summed E-state index contributed by atoms with van der Waals surface area (Å²) < 4.78 is 10.8. The van der Waals surface area contributed by atoms with Crippen LogP contribution in [0.5, 0.6) is 11.5 Å². The van der Waals surface area contributed by atoms with Gasteiger partial charge in [-0.15, -0.1) is 0 Å². The third kappa shape index (κ3) is 2.83. The molecule has 2 aromatic rings. The summed E-state index contributed by atoms with van der Waals surface area (Å²) in [6.07, 6.45) is 4.77. The first-order valence-corrected chi connectivity index (χ1v) is 8.33. The first-order valence-electron chi connectivity index (χ1n) is 7.11. The van der Waals surface area contributed by atoms with E-state index in [1.54, 1.807) is 26.0 Å². The van der Waals surface area contributed by atoms with Crippen molar-refractivity contribution in [2.24, 2.45) is 0 Å². The van der Waals surface area contributed by atoms with Crippen molar-refractivity contribution in [2.45, 2.75) is 18.1 Å². The molecule has 0 saturated heterocycles. The molecule has 1 aliphatic heterocycles. The van der Waals surface area contributed by atoms with Crippen LogP contribution in [0, 0.1) is 0 Å². The third-order valence-electron chi connectivity index (χ3n) is 3.84. The maximum Gasteiger partial charge on any atom is 0.189 e. The van der Waals surface area contributed by atoms with Gasteiger partial charge in [0.05, 0.1) is 14.2 Å². The van der Waals surface area contributed by atoms with Gasteiger partial charge in [-0.05, 0) is 42.0 Å². The average Bonchev–Trinajstić information content (AvgIpc) is 2.59. The van der Waals surface area contributed by atoms with Crippen molar-refractivity contribution >= 4 is 17.6 Å².